The van der Waals surface area contributed by atoms with Gasteiger partial charge in [0.05, 0.1) is 26.5 Å². The van der Waals surface area contributed by atoms with Crippen LogP contribution in [0.3, 0.4) is 0 Å². The van der Waals surface area contributed by atoms with Gasteiger partial charge in [-0.05, 0) is 12.1 Å². The molecule has 0 aromatic heterocycles. The molecule has 0 aliphatic carbocycles. The molecule has 1 atom stereocenters. The van der Waals surface area contributed by atoms with Gasteiger partial charge >= 0.3 is 0 Å². The van der Waals surface area contributed by atoms with Crippen molar-refractivity contribution >= 4 is 17.5 Å². The van der Waals surface area contributed by atoms with Crippen molar-refractivity contribution < 1.29 is 19.1 Å². The average Bonchev–Trinajstić information content (AvgIpc) is 2.47. The van der Waals surface area contributed by atoms with Gasteiger partial charge in [0.1, 0.15) is 17.5 Å². The third-order valence-electron chi connectivity index (χ3n) is 2.99. The Hall–Kier alpha value is -2.28. The molecule has 7 nitrogen and oxygen atoms in total. The minimum absolute atomic E-state index is 0.118. The number of hydrogen-bond acceptors (Lipinski definition) is 5. The molecule has 0 radical (unpaired) electrons. The molecule has 3 N–H and O–H groups in total. The number of methoxy groups -OCH3 is 2. The van der Waals surface area contributed by atoms with Gasteiger partial charge in [0.25, 0.3) is 0 Å². The summed E-state index contributed by atoms with van der Waals surface area (Å²) in [5.74, 6) is 0.801. The highest BCUT2D eigenvalue weighted by Crippen LogP contribution is 2.28. The lowest BCUT2D eigenvalue weighted by Crippen LogP contribution is -2.56. The lowest BCUT2D eigenvalue weighted by Gasteiger charge is -2.23. The fraction of sp³-hybridized carbons (Fsp3) is 0.385. The molecule has 2 amide bonds. The summed E-state index contributed by atoms with van der Waals surface area (Å²) in [6.45, 7) is 0.393. The van der Waals surface area contributed by atoms with Crippen LogP contribution in [0.4, 0.5) is 5.69 Å². The van der Waals surface area contributed by atoms with Gasteiger partial charge in [0.2, 0.25) is 11.8 Å². The zero-order chi connectivity index (χ0) is 14.5. The van der Waals surface area contributed by atoms with Crippen LogP contribution in [0, 0.1) is 0 Å². The number of nitrogens with one attached hydrogen (secondary N) is 3. The van der Waals surface area contributed by atoms with Crippen molar-refractivity contribution in [3.8, 4) is 11.5 Å². The number of carbonyl (C=O) groups is 2. The second-order valence-corrected chi connectivity index (χ2v) is 4.29. The number of anilines is 1. The highest BCUT2D eigenvalue weighted by molar-refractivity contribution is 5.97. The quantitative estimate of drug-likeness (QED) is 0.706. The van der Waals surface area contributed by atoms with Crippen molar-refractivity contribution in [2.75, 3.05) is 32.6 Å². The standard InChI is InChI=1S/C13H17N3O4/c1-19-8-3-4-11(20-2)9(5-8)16-13(18)10-6-15-12(17)7-14-10/h3-5,10,14H,6-7H2,1-2H3,(H,15,17)(H,16,18). The second kappa shape index (κ2) is 6.25. The molecule has 108 valence electrons. The Balaban J connectivity index is 2.08. The third-order valence-corrected chi connectivity index (χ3v) is 2.99. The monoisotopic (exact) mass is 279 g/mol. The first-order valence-electron chi connectivity index (χ1n) is 6.17. The van der Waals surface area contributed by atoms with Crippen molar-refractivity contribution in [2.24, 2.45) is 0 Å². The lowest BCUT2D eigenvalue weighted by atomic mass is 10.2. The summed E-state index contributed by atoms with van der Waals surface area (Å²) >= 11 is 0. The molecule has 1 aromatic carbocycles. The molecule has 1 saturated heterocycles. The van der Waals surface area contributed by atoms with Crippen LogP contribution in [0.1, 0.15) is 0 Å². The number of piperazine rings is 1. The summed E-state index contributed by atoms with van der Waals surface area (Å²) in [6, 6.07) is 4.67. The Morgan fingerprint density at radius 2 is 2.15 bits per heavy atom. The lowest BCUT2D eigenvalue weighted by molar-refractivity contribution is -0.124. The number of carbonyl (C=O) groups excluding carboxylic acids is 2. The maximum absolute atomic E-state index is 12.1. The van der Waals surface area contributed by atoms with Gasteiger partial charge in [0.15, 0.2) is 0 Å². The van der Waals surface area contributed by atoms with Gasteiger partial charge in [-0.1, -0.05) is 0 Å². The van der Waals surface area contributed by atoms with E-state index in [-0.39, 0.29) is 24.9 Å². The second-order valence-electron chi connectivity index (χ2n) is 4.29. The summed E-state index contributed by atoms with van der Waals surface area (Å²) in [5.41, 5.74) is 0.524. The SMILES string of the molecule is COc1ccc(OC)c(NC(=O)C2CNC(=O)CN2)c1. The van der Waals surface area contributed by atoms with E-state index in [1.165, 1.54) is 7.11 Å². The van der Waals surface area contributed by atoms with Crippen LogP contribution in [-0.2, 0) is 9.59 Å². The smallest absolute Gasteiger partial charge is 0.243 e. The van der Waals surface area contributed by atoms with E-state index in [9.17, 15) is 9.59 Å². The van der Waals surface area contributed by atoms with E-state index in [0.29, 0.717) is 17.2 Å². The van der Waals surface area contributed by atoms with Gasteiger partial charge in [-0.3, -0.25) is 14.9 Å². The predicted molar refractivity (Wildman–Crippen MR) is 73.0 cm³/mol. The highest BCUT2D eigenvalue weighted by Gasteiger charge is 2.24. The number of ether oxygens (including phenoxy) is 2. The fourth-order valence-corrected chi connectivity index (χ4v) is 1.88. The molecule has 0 spiro atoms. The maximum Gasteiger partial charge on any atom is 0.243 e. The molecular formula is C13H17N3O4. The maximum atomic E-state index is 12.1. The largest absolute Gasteiger partial charge is 0.497 e. The van der Waals surface area contributed by atoms with Crippen LogP contribution in [-0.4, -0.2) is 45.2 Å². The molecule has 1 aliphatic rings. The van der Waals surface area contributed by atoms with E-state index in [1.54, 1.807) is 25.3 Å². The first-order chi connectivity index (χ1) is 9.63. The first-order valence-corrected chi connectivity index (χ1v) is 6.17. The van der Waals surface area contributed by atoms with E-state index < -0.39 is 6.04 Å². The summed E-state index contributed by atoms with van der Waals surface area (Å²) in [6.07, 6.45) is 0. The van der Waals surface area contributed by atoms with Crippen LogP contribution in [0.2, 0.25) is 0 Å². The summed E-state index contributed by atoms with van der Waals surface area (Å²) in [7, 11) is 3.07. The van der Waals surface area contributed by atoms with E-state index in [2.05, 4.69) is 16.0 Å². The molecule has 0 bridgehead atoms. The molecule has 1 heterocycles. The molecule has 1 aliphatic heterocycles. The van der Waals surface area contributed by atoms with E-state index in [1.807, 2.05) is 0 Å². The zero-order valence-corrected chi connectivity index (χ0v) is 11.4. The minimum Gasteiger partial charge on any atom is -0.497 e. The molecular weight excluding hydrogens is 262 g/mol. The molecule has 7 heteroatoms. The van der Waals surface area contributed by atoms with Crippen LogP contribution >= 0.6 is 0 Å². The van der Waals surface area contributed by atoms with Crippen molar-refractivity contribution in [3.05, 3.63) is 18.2 Å². The Kier molecular flexibility index (Phi) is 4.41. The zero-order valence-electron chi connectivity index (χ0n) is 11.4. The van der Waals surface area contributed by atoms with Crippen molar-refractivity contribution in [1.82, 2.24) is 10.6 Å². The summed E-state index contributed by atoms with van der Waals surface area (Å²) in [4.78, 5) is 23.2. The van der Waals surface area contributed by atoms with Gasteiger partial charge < -0.3 is 20.1 Å². The summed E-state index contributed by atoms with van der Waals surface area (Å²) < 4.78 is 10.3. The Labute approximate surface area is 116 Å². The average molecular weight is 279 g/mol. The normalized spacial score (nSPS) is 18.1. The number of hydrogen-bond donors (Lipinski definition) is 3. The van der Waals surface area contributed by atoms with Crippen LogP contribution in [0.15, 0.2) is 18.2 Å². The third kappa shape index (κ3) is 3.18. The van der Waals surface area contributed by atoms with Crippen molar-refractivity contribution in [2.45, 2.75) is 6.04 Å². The highest BCUT2D eigenvalue weighted by atomic mass is 16.5. The van der Waals surface area contributed by atoms with Crippen LogP contribution in [0.25, 0.3) is 0 Å². The summed E-state index contributed by atoms with van der Waals surface area (Å²) in [5, 5.41) is 8.25. The number of amides is 2. The topological polar surface area (TPSA) is 88.7 Å². The van der Waals surface area contributed by atoms with Crippen LogP contribution in [0.5, 0.6) is 11.5 Å². The van der Waals surface area contributed by atoms with E-state index >= 15 is 0 Å². The fourth-order valence-electron chi connectivity index (χ4n) is 1.88. The van der Waals surface area contributed by atoms with E-state index in [4.69, 9.17) is 9.47 Å². The molecule has 1 unspecified atom stereocenters. The molecule has 1 aromatic rings. The van der Waals surface area contributed by atoms with E-state index in [0.717, 1.165) is 0 Å². The number of benzene rings is 1. The van der Waals surface area contributed by atoms with Crippen molar-refractivity contribution in [3.63, 3.8) is 0 Å². The van der Waals surface area contributed by atoms with Gasteiger partial charge in [0, 0.05) is 12.6 Å². The number of rotatable bonds is 4. The minimum atomic E-state index is -0.469. The Bertz CT molecular complexity index is 508. The van der Waals surface area contributed by atoms with Gasteiger partial charge in [-0.15, -0.1) is 0 Å². The van der Waals surface area contributed by atoms with Crippen molar-refractivity contribution in [1.29, 1.82) is 0 Å². The van der Waals surface area contributed by atoms with Crippen LogP contribution < -0.4 is 25.4 Å². The Morgan fingerprint density at radius 3 is 2.75 bits per heavy atom. The molecule has 1 fully saturated rings. The predicted octanol–water partition coefficient (Wildman–Crippen LogP) is -0.270. The van der Waals surface area contributed by atoms with Gasteiger partial charge in [-0.2, -0.15) is 0 Å². The first kappa shape index (κ1) is 14.1. The molecule has 0 saturated carbocycles. The molecule has 2 rings (SSSR count). The van der Waals surface area contributed by atoms with Gasteiger partial charge in [-0.25, -0.2) is 0 Å². The Morgan fingerprint density at radius 1 is 1.35 bits per heavy atom. The molecule has 20 heavy (non-hydrogen) atoms.